The minimum Gasteiger partial charge on any atom is -0.387 e. The summed E-state index contributed by atoms with van der Waals surface area (Å²) in [5.74, 6) is 0. The molecule has 3 heterocycles. The van der Waals surface area contributed by atoms with Crippen LogP contribution in [0, 0.1) is 0 Å². The molecule has 8 aromatic rings. The van der Waals surface area contributed by atoms with Gasteiger partial charge in [-0.05, 0) is 44.5 Å². The fourth-order valence-electron chi connectivity index (χ4n) is 11.1. The van der Waals surface area contributed by atoms with Crippen molar-refractivity contribution in [1.82, 2.24) is 0 Å². The van der Waals surface area contributed by atoms with Gasteiger partial charge in [0.2, 0.25) is 0 Å². The summed E-state index contributed by atoms with van der Waals surface area (Å²) in [7, 11) is 0. The third-order valence-electron chi connectivity index (χ3n) is 15.7. The first kappa shape index (κ1) is 62.8. The Morgan fingerprint density at radius 2 is 0.636 bits per heavy atom. The van der Waals surface area contributed by atoms with E-state index in [2.05, 4.69) is 0 Å². The second kappa shape index (κ2) is 33.1. The number of hydrogen-bond acceptors (Lipinski definition) is 15. The number of aliphatic hydroxyl groups excluding tert-OH is 2. The maximum atomic E-state index is 12.9. The lowest BCUT2D eigenvalue weighted by atomic mass is 9.96. The van der Waals surface area contributed by atoms with Crippen molar-refractivity contribution in [1.29, 1.82) is 0 Å². The van der Waals surface area contributed by atoms with Crippen LogP contribution in [0.1, 0.15) is 44.5 Å². The normalized spacial score (nSPS) is 26.3. The quantitative estimate of drug-likeness (QED) is 0.0437. The van der Waals surface area contributed by atoms with Crippen molar-refractivity contribution >= 4 is 0 Å². The summed E-state index contributed by atoms with van der Waals surface area (Å²) in [5.41, 5.74) is 7.32. The maximum Gasteiger partial charge on any atom is 0.187 e. The first-order chi connectivity index (χ1) is 43.5. The molecule has 88 heavy (non-hydrogen) atoms. The Kier molecular flexibility index (Phi) is 23.6. The number of benzene rings is 8. The first-order valence-corrected chi connectivity index (χ1v) is 30.2. The van der Waals surface area contributed by atoms with Crippen molar-refractivity contribution in [2.45, 2.75) is 139 Å². The summed E-state index contributed by atoms with van der Waals surface area (Å²) in [6.07, 6.45) is -14.8. The van der Waals surface area contributed by atoms with Gasteiger partial charge in [-0.3, -0.25) is 0 Å². The van der Waals surface area contributed by atoms with Crippen molar-refractivity contribution in [3.8, 4) is 0 Å². The molecule has 0 amide bonds. The molecule has 2 N–H and O–H groups in total. The zero-order valence-corrected chi connectivity index (χ0v) is 49.2. The zero-order chi connectivity index (χ0) is 60.0. The van der Waals surface area contributed by atoms with Crippen molar-refractivity contribution in [2.24, 2.45) is 0 Å². The highest BCUT2D eigenvalue weighted by molar-refractivity contribution is 5.20. The minimum atomic E-state index is -1.48. The van der Waals surface area contributed by atoms with Crippen LogP contribution in [0.4, 0.5) is 0 Å². The molecule has 0 saturated carbocycles. The number of rotatable bonds is 30. The summed E-state index contributed by atoms with van der Waals surface area (Å²) in [6.45, 7) is 1.29. The molecule has 3 aliphatic rings. The number of hydrogen-bond donors (Lipinski definition) is 2. The Morgan fingerprint density at radius 1 is 0.295 bits per heavy atom. The second-order valence-corrected chi connectivity index (χ2v) is 22.1. The van der Waals surface area contributed by atoms with Crippen LogP contribution in [-0.4, -0.2) is 116 Å². The summed E-state index contributed by atoms with van der Waals surface area (Å²) in [4.78, 5) is 0. The summed E-state index contributed by atoms with van der Waals surface area (Å²) in [6, 6.07) is 78.4. The SMILES string of the molecule is O[C@H]1[C@H](OCc2ccccc2)[C@@H](OCc2ccccc2)[C@H](O[C@H]2[C@H](OCc3ccccc3)[C@@H](OCc3ccccc3)[C@H](O)O[C@@H]2COCc2ccccc2)O[C@@H]1CO[C@H]1OC[C@@H](OCc2ccccc2)[C@H](OCc2ccccc2)[C@H]1OCc1ccccc1. The molecule has 0 bridgehead atoms. The predicted octanol–water partition coefficient (Wildman–Crippen LogP) is 10.9. The van der Waals surface area contributed by atoms with Crippen LogP contribution < -0.4 is 0 Å². The Balaban J connectivity index is 0.934. The van der Waals surface area contributed by atoms with Gasteiger partial charge in [-0.25, -0.2) is 0 Å². The van der Waals surface area contributed by atoms with Crippen LogP contribution in [0.25, 0.3) is 0 Å². The van der Waals surface area contributed by atoms with Crippen LogP contribution in [0.2, 0.25) is 0 Å². The molecule has 15 nitrogen and oxygen atoms in total. The summed E-state index contributed by atoms with van der Waals surface area (Å²) < 4.78 is 88.8. The molecule has 0 radical (unpaired) electrons. The third-order valence-corrected chi connectivity index (χ3v) is 15.7. The zero-order valence-electron chi connectivity index (χ0n) is 49.2. The summed E-state index contributed by atoms with van der Waals surface area (Å²) >= 11 is 0. The molecule has 460 valence electrons. The fourth-order valence-corrected chi connectivity index (χ4v) is 11.1. The van der Waals surface area contributed by atoms with E-state index in [1.54, 1.807) is 0 Å². The molecule has 14 atom stereocenters. The van der Waals surface area contributed by atoms with Gasteiger partial charge >= 0.3 is 0 Å². The first-order valence-electron chi connectivity index (χ1n) is 30.2. The van der Waals surface area contributed by atoms with E-state index in [9.17, 15) is 10.2 Å². The van der Waals surface area contributed by atoms with Crippen LogP contribution >= 0.6 is 0 Å². The molecule has 0 spiro atoms. The Morgan fingerprint density at radius 3 is 1.06 bits per heavy atom. The van der Waals surface area contributed by atoms with Crippen LogP contribution in [0.15, 0.2) is 243 Å². The van der Waals surface area contributed by atoms with Crippen LogP contribution in [0.5, 0.6) is 0 Å². The van der Waals surface area contributed by atoms with E-state index in [1.165, 1.54) is 0 Å². The van der Waals surface area contributed by atoms with Gasteiger partial charge in [0.05, 0.1) is 72.7 Å². The van der Waals surface area contributed by atoms with E-state index >= 15 is 0 Å². The summed E-state index contributed by atoms with van der Waals surface area (Å²) in [5, 5.41) is 25.0. The van der Waals surface area contributed by atoms with E-state index < -0.39 is 86.0 Å². The Hall–Kier alpha value is -6.84. The van der Waals surface area contributed by atoms with Crippen molar-refractivity contribution < 1.29 is 71.8 Å². The molecule has 0 unspecified atom stereocenters. The molecular formula is C73H78O15. The van der Waals surface area contributed by atoms with Crippen LogP contribution in [0.3, 0.4) is 0 Å². The van der Waals surface area contributed by atoms with Gasteiger partial charge in [0.1, 0.15) is 67.1 Å². The maximum absolute atomic E-state index is 12.9. The molecular weight excluding hydrogens is 1120 g/mol. The van der Waals surface area contributed by atoms with Gasteiger partial charge in [0, 0.05) is 0 Å². The van der Waals surface area contributed by atoms with Gasteiger partial charge in [-0.1, -0.05) is 243 Å². The highest BCUT2D eigenvalue weighted by Gasteiger charge is 2.54. The molecule has 0 aliphatic carbocycles. The fraction of sp³-hybridized carbons (Fsp3) is 0.342. The Bertz CT molecular complexity index is 3180. The van der Waals surface area contributed by atoms with Crippen molar-refractivity contribution in [3.63, 3.8) is 0 Å². The van der Waals surface area contributed by atoms with Crippen molar-refractivity contribution in [2.75, 3.05) is 19.8 Å². The standard InChI is InChI=1S/C73H78O15/c74-63-60(50-84-72-69(82-47-58-37-21-7-22-38-58)64(78-43-54-29-13-3-14-30-54)61(51-85-72)77-42-53-27-11-2-12-28-53)87-73(70(83-48-59-39-23-8-24-40-59)66(63)79-44-55-31-15-4-16-32-55)88-65-62(49-76-41-52-25-9-1-10-26-52)86-71(75)68(81-46-57-35-19-6-20-36-57)67(65)80-45-56-33-17-5-18-34-56/h1-40,60-75H,41-51H2/t60-,61-,62-,63-,64+,65-,66+,67+,68-,69-,70-,71-,72+,73+/m1/s1. The minimum absolute atomic E-state index is 0.0362. The lowest BCUT2D eigenvalue weighted by Gasteiger charge is -2.49. The van der Waals surface area contributed by atoms with E-state index in [0.717, 1.165) is 44.5 Å². The van der Waals surface area contributed by atoms with Gasteiger partial charge in [-0.2, -0.15) is 0 Å². The van der Waals surface area contributed by atoms with Gasteiger partial charge in [0.15, 0.2) is 18.9 Å². The third kappa shape index (κ3) is 17.9. The lowest BCUT2D eigenvalue weighted by molar-refractivity contribution is -0.375. The van der Waals surface area contributed by atoms with Crippen LogP contribution in [-0.2, 0) is 114 Å². The van der Waals surface area contributed by atoms with E-state index in [4.69, 9.17) is 61.6 Å². The van der Waals surface area contributed by atoms with Gasteiger partial charge in [-0.15, -0.1) is 0 Å². The monoisotopic (exact) mass is 1190 g/mol. The molecule has 3 aliphatic heterocycles. The van der Waals surface area contributed by atoms with Gasteiger partial charge < -0.3 is 71.8 Å². The Labute approximate surface area is 515 Å². The number of ether oxygens (including phenoxy) is 13. The average Bonchev–Trinajstić information content (AvgIpc) is 2.42. The smallest absolute Gasteiger partial charge is 0.187 e. The molecule has 3 fully saturated rings. The second-order valence-electron chi connectivity index (χ2n) is 22.1. The highest BCUT2D eigenvalue weighted by atomic mass is 16.8. The topological polar surface area (TPSA) is 160 Å². The van der Waals surface area contributed by atoms with Gasteiger partial charge in [0.25, 0.3) is 0 Å². The molecule has 0 aromatic heterocycles. The van der Waals surface area contributed by atoms with E-state index in [1.807, 2.05) is 243 Å². The van der Waals surface area contributed by atoms with Crippen molar-refractivity contribution in [3.05, 3.63) is 287 Å². The molecule has 8 aromatic carbocycles. The largest absolute Gasteiger partial charge is 0.387 e. The number of aliphatic hydroxyl groups is 2. The predicted molar refractivity (Wildman–Crippen MR) is 327 cm³/mol. The highest BCUT2D eigenvalue weighted by Crippen LogP contribution is 2.36. The van der Waals surface area contributed by atoms with E-state index in [0.29, 0.717) is 6.61 Å². The molecule has 11 rings (SSSR count). The van der Waals surface area contributed by atoms with E-state index in [-0.39, 0.29) is 66.1 Å². The molecule has 3 saturated heterocycles. The average molecular weight is 1200 g/mol. The molecule has 15 heteroatoms. The lowest BCUT2D eigenvalue weighted by Crippen LogP contribution is -2.66.